The van der Waals surface area contributed by atoms with Gasteiger partial charge in [-0.15, -0.1) is 0 Å². The molecule has 1 N–H and O–H groups in total. The SMILES string of the molecule is Cc1nn(Cc2c(C(=O)NCc3ccc(F)cc3)noc2C)c(C)c1Cl. The molecule has 136 valence electrons. The Morgan fingerprint density at radius 2 is 1.96 bits per heavy atom. The fraction of sp³-hybridized carbons (Fsp3) is 0.278. The number of rotatable bonds is 5. The number of halogens is 2. The summed E-state index contributed by atoms with van der Waals surface area (Å²) in [5.41, 5.74) is 3.16. The molecule has 0 spiro atoms. The fourth-order valence-corrected chi connectivity index (χ4v) is 2.74. The van der Waals surface area contributed by atoms with Crippen molar-refractivity contribution in [2.45, 2.75) is 33.9 Å². The van der Waals surface area contributed by atoms with Crippen LogP contribution in [0.3, 0.4) is 0 Å². The van der Waals surface area contributed by atoms with Gasteiger partial charge in [-0.2, -0.15) is 5.10 Å². The number of benzene rings is 1. The Labute approximate surface area is 154 Å². The van der Waals surface area contributed by atoms with Crippen molar-refractivity contribution in [1.29, 1.82) is 0 Å². The van der Waals surface area contributed by atoms with Gasteiger partial charge in [-0.1, -0.05) is 28.9 Å². The van der Waals surface area contributed by atoms with Gasteiger partial charge in [-0.05, 0) is 38.5 Å². The molecule has 0 radical (unpaired) electrons. The van der Waals surface area contributed by atoms with Crippen LogP contribution in [-0.2, 0) is 13.1 Å². The first-order chi connectivity index (χ1) is 12.4. The summed E-state index contributed by atoms with van der Waals surface area (Å²) in [7, 11) is 0. The van der Waals surface area contributed by atoms with E-state index in [0.717, 1.165) is 17.0 Å². The zero-order valence-corrected chi connectivity index (χ0v) is 15.4. The summed E-state index contributed by atoms with van der Waals surface area (Å²) in [6.07, 6.45) is 0. The Balaban J connectivity index is 1.77. The van der Waals surface area contributed by atoms with E-state index in [1.54, 1.807) is 23.7 Å². The van der Waals surface area contributed by atoms with Crippen LogP contribution in [0.5, 0.6) is 0 Å². The summed E-state index contributed by atoms with van der Waals surface area (Å²) in [5, 5.41) is 11.6. The van der Waals surface area contributed by atoms with Crippen LogP contribution in [0.4, 0.5) is 4.39 Å². The highest BCUT2D eigenvalue weighted by Gasteiger charge is 2.21. The molecule has 0 bridgehead atoms. The molecule has 26 heavy (non-hydrogen) atoms. The molecule has 0 saturated heterocycles. The average molecular weight is 377 g/mol. The third-order valence-electron chi connectivity index (χ3n) is 4.17. The van der Waals surface area contributed by atoms with Crippen LogP contribution >= 0.6 is 11.6 Å². The quantitative estimate of drug-likeness (QED) is 0.738. The number of aromatic nitrogens is 3. The minimum atomic E-state index is -0.367. The molecular formula is C18H18ClFN4O2. The predicted octanol–water partition coefficient (Wildman–Crippen LogP) is 3.57. The maximum atomic E-state index is 12.9. The number of carbonyl (C=O) groups excluding carboxylic acids is 1. The first-order valence-electron chi connectivity index (χ1n) is 8.04. The first kappa shape index (κ1) is 18.1. The Morgan fingerprint density at radius 3 is 2.58 bits per heavy atom. The lowest BCUT2D eigenvalue weighted by Crippen LogP contribution is -2.24. The zero-order chi connectivity index (χ0) is 18.8. The van der Waals surface area contributed by atoms with Crippen molar-refractivity contribution in [2.75, 3.05) is 0 Å². The molecule has 0 saturated carbocycles. The van der Waals surface area contributed by atoms with Crippen molar-refractivity contribution in [2.24, 2.45) is 0 Å². The number of amides is 1. The van der Waals surface area contributed by atoms with E-state index in [2.05, 4.69) is 15.6 Å². The van der Waals surface area contributed by atoms with Crippen molar-refractivity contribution in [3.63, 3.8) is 0 Å². The van der Waals surface area contributed by atoms with E-state index >= 15 is 0 Å². The van der Waals surface area contributed by atoms with Gasteiger partial charge in [-0.25, -0.2) is 4.39 Å². The highest BCUT2D eigenvalue weighted by molar-refractivity contribution is 6.31. The third-order valence-corrected chi connectivity index (χ3v) is 4.71. The second-order valence-electron chi connectivity index (χ2n) is 6.02. The molecule has 2 heterocycles. The predicted molar refractivity (Wildman–Crippen MR) is 94.6 cm³/mol. The molecular weight excluding hydrogens is 359 g/mol. The van der Waals surface area contributed by atoms with Gasteiger partial charge in [0.2, 0.25) is 0 Å². The first-order valence-corrected chi connectivity index (χ1v) is 8.42. The fourth-order valence-electron chi connectivity index (χ4n) is 2.60. The highest BCUT2D eigenvalue weighted by Crippen LogP contribution is 2.22. The van der Waals surface area contributed by atoms with E-state index in [1.807, 2.05) is 13.8 Å². The van der Waals surface area contributed by atoms with Crippen LogP contribution in [0, 0.1) is 26.6 Å². The van der Waals surface area contributed by atoms with Gasteiger partial charge in [0, 0.05) is 12.1 Å². The average Bonchev–Trinajstić information content (AvgIpc) is 3.10. The number of nitrogens with zero attached hydrogens (tertiary/aromatic N) is 3. The molecule has 0 unspecified atom stereocenters. The van der Waals surface area contributed by atoms with E-state index in [9.17, 15) is 9.18 Å². The van der Waals surface area contributed by atoms with Crippen LogP contribution in [0.15, 0.2) is 28.8 Å². The third kappa shape index (κ3) is 3.62. The zero-order valence-electron chi connectivity index (χ0n) is 14.6. The normalized spacial score (nSPS) is 11.0. The highest BCUT2D eigenvalue weighted by atomic mass is 35.5. The van der Waals surface area contributed by atoms with Crippen LogP contribution in [0.2, 0.25) is 5.02 Å². The lowest BCUT2D eigenvalue weighted by Gasteiger charge is -2.07. The summed E-state index contributed by atoms with van der Waals surface area (Å²) in [5.74, 6) is -0.146. The van der Waals surface area contributed by atoms with Gasteiger partial charge in [0.25, 0.3) is 5.91 Å². The smallest absolute Gasteiger partial charge is 0.274 e. The molecule has 0 aliphatic heterocycles. The lowest BCUT2D eigenvalue weighted by molar-refractivity contribution is 0.0941. The van der Waals surface area contributed by atoms with Gasteiger partial charge in [0.1, 0.15) is 11.6 Å². The molecule has 8 heteroatoms. The molecule has 1 amide bonds. The van der Waals surface area contributed by atoms with Gasteiger partial charge in [0.15, 0.2) is 5.69 Å². The minimum Gasteiger partial charge on any atom is -0.361 e. The van der Waals surface area contributed by atoms with Gasteiger partial charge in [-0.3, -0.25) is 9.48 Å². The molecule has 3 rings (SSSR count). The van der Waals surface area contributed by atoms with Crippen molar-refractivity contribution >= 4 is 17.5 Å². The maximum Gasteiger partial charge on any atom is 0.274 e. The molecule has 2 aromatic heterocycles. The van der Waals surface area contributed by atoms with Gasteiger partial charge in [0.05, 0.1) is 23.0 Å². The molecule has 3 aromatic rings. The number of carbonyl (C=O) groups is 1. The van der Waals surface area contributed by atoms with Crippen molar-refractivity contribution in [1.82, 2.24) is 20.3 Å². The van der Waals surface area contributed by atoms with Gasteiger partial charge < -0.3 is 9.84 Å². The Hall–Kier alpha value is -2.67. The monoisotopic (exact) mass is 376 g/mol. The minimum absolute atomic E-state index is 0.202. The van der Waals surface area contributed by atoms with E-state index in [-0.39, 0.29) is 24.0 Å². The summed E-state index contributed by atoms with van der Waals surface area (Å²) < 4.78 is 19.9. The Bertz CT molecular complexity index is 947. The standard InChI is InChI=1S/C18H18ClFN4O2/c1-10-16(19)11(2)24(22-10)9-15-12(3)26-23-17(15)18(25)21-8-13-4-6-14(20)7-5-13/h4-7H,8-9H2,1-3H3,(H,21,25). The number of nitrogens with one attached hydrogen (secondary N) is 1. The summed E-state index contributed by atoms with van der Waals surface area (Å²) in [6.45, 7) is 6.01. The summed E-state index contributed by atoms with van der Waals surface area (Å²) in [6, 6.07) is 5.92. The van der Waals surface area contributed by atoms with E-state index in [1.165, 1.54) is 12.1 Å². The Morgan fingerprint density at radius 1 is 1.27 bits per heavy atom. The Kier molecular flexibility index (Phi) is 5.08. The second kappa shape index (κ2) is 7.29. The van der Waals surface area contributed by atoms with Crippen molar-refractivity contribution in [3.8, 4) is 0 Å². The maximum absolute atomic E-state index is 12.9. The van der Waals surface area contributed by atoms with Crippen molar-refractivity contribution < 1.29 is 13.7 Å². The largest absolute Gasteiger partial charge is 0.361 e. The molecule has 1 aromatic carbocycles. The van der Waals surface area contributed by atoms with Crippen molar-refractivity contribution in [3.05, 3.63) is 69.1 Å². The molecule has 6 nitrogen and oxygen atoms in total. The van der Waals surface area contributed by atoms with Crippen LogP contribution in [0.1, 0.15) is 38.8 Å². The number of hydrogen-bond acceptors (Lipinski definition) is 4. The molecule has 0 fully saturated rings. The second-order valence-corrected chi connectivity index (χ2v) is 6.40. The van der Waals surface area contributed by atoms with Crippen LogP contribution in [-0.4, -0.2) is 20.8 Å². The van der Waals surface area contributed by atoms with Crippen LogP contribution < -0.4 is 5.32 Å². The van der Waals surface area contributed by atoms with E-state index in [0.29, 0.717) is 22.9 Å². The summed E-state index contributed by atoms with van der Waals surface area (Å²) in [4.78, 5) is 12.5. The number of hydrogen-bond donors (Lipinski definition) is 1. The molecule has 0 atom stereocenters. The van der Waals surface area contributed by atoms with E-state index < -0.39 is 0 Å². The summed E-state index contributed by atoms with van der Waals surface area (Å²) >= 11 is 6.18. The van der Waals surface area contributed by atoms with E-state index in [4.69, 9.17) is 16.1 Å². The number of aryl methyl sites for hydroxylation is 2. The molecule has 0 aliphatic rings. The van der Waals surface area contributed by atoms with Gasteiger partial charge >= 0.3 is 0 Å². The molecule has 0 aliphatic carbocycles. The lowest BCUT2D eigenvalue weighted by atomic mass is 10.1. The van der Waals surface area contributed by atoms with Crippen LogP contribution in [0.25, 0.3) is 0 Å². The topological polar surface area (TPSA) is 73.0 Å².